The fourth-order valence-electron chi connectivity index (χ4n) is 1.90. The predicted octanol–water partition coefficient (Wildman–Crippen LogP) is 3.19. The number of aromatic nitrogens is 1. The molecule has 1 aromatic carbocycles. The summed E-state index contributed by atoms with van der Waals surface area (Å²) in [5, 5.41) is 27.6. The molecule has 0 atom stereocenters. The number of azo groups is 1. The van der Waals surface area contributed by atoms with Gasteiger partial charge in [0.25, 0.3) is 11.2 Å². The molecule has 2 aromatic rings. The van der Waals surface area contributed by atoms with Gasteiger partial charge in [-0.15, -0.1) is 5.11 Å². The maximum Gasteiger partial charge on any atom is 0.269 e. The van der Waals surface area contributed by atoms with E-state index in [1.54, 1.807) is 13.8 Å². The monoisotopic (exact) mass is 297 g/mol. The first-order valence-corrected chi connectivity index (χ1v) is 6.24. The van der Waals surface area contributed by atoms with E-state index in [4.69, 9.17) is 5.26 Å². The molecule has 0 fully saturated rings. The Morgan fingerprint density at radius 3 is 2.41 bits per heavy atom. The summed E-state index contributed by atoms with van der Waals surface area (Å²) < 4.78 is 0. The number of hydrogen-bond donors (Lipinski definition) is 1. The number of pyridine rings is 1. The first-order chi connectivity index (χ1) is 10.4. The Labute approximate surface area is 124 Å². The number of aromatic amines is 1. The second kappa shape index (κ2) is 5.97. The molecule has 0 saturated carbocycles. The highest BCUT2D eigenvalue weighted by atomic mass is 16.6. The number of nitrogens with one attached hydrogen (secondary N) is 1. The molecule has 110 valence electrons. The molecule has 0 aliphatic heterocycles. The van der Waals surface area contributed by atoms with Crippen LogP contribution in [0, 0.1) is 35.3 Å². The molecule has 0 aliphatic carbocycles. The van der Waals surface area contributed by atoms with Gasteiger partial charge in [-0.05, 0) is 26.0 Å². The van der Waals surface area contributed by atoms with Crippen LogP contribution in [0.5, 0.6) is 0 Å². The molecule has 2 rings (SSSR count). The lowest BCUT2D eigenvalue weighted by molar-refractivity contribution is -0.384. The highest BCUT2D eigenvalue weighted by Crippen LogP contribution is 2.26. The molecule has 1 heterocycles. The number of nitriles is 1. The summed E-state index contributed by atoms with van der Waals surface area (Å²) in [5.74, 6) is 0. The van der Waals surface area contributed by atoms with Crippen molar-refractivity contribution >= 4 is 17.1 Å². The van der Waals surface area contributed by atoms with E-state index in [1.807, 2.05) is 6.07 Å². The van der Waals surface area contributed by atoms with E-state index in [0.717, 1.165) is 0 Å². The van der Waals surface area contributed by atoms with E-state index in [1.165, 1.54) is 24.3 Å². The lowest BCUT2D eigenvalue weighted by atomic mass is 10.1. The van der Waals surface area contributed by atoms with Gasteiger partial charge in [0, 0.05) is 23.4 Å². The normalized spacial score (nSPS) is 10.6. The first kappa shape index (κ1) is 15.1. The third-order valence-electron chi connectivity index (χ3n) is 3.05. The summed E-state index contributed by atoms with van der Waals surface area (Å²) >= 11 is 0. The van der Waals surface area contributed by atoms with Gasteiger partial charge < -0.3 is 4.98 Å². The molecule has 22 heavy (non-hydrogen) atoms. The van der Waals surface area contributed by atoms with Crippen molar-refractivity contribution < 1.29 is 4.92 Å². The second-order valence-electron chi connectivity index (χ2n) is 4.51. The maximum atomic E-state index is 11.6. The summed E-state index contributed by atoms with van der Waals surface area (Å²) in [6, 6.07) is 7.39. The highest BCUT2D eigenvalue weighted by Gasteiger charge is 2.11. The van der Waals surface area contributed by atoms with E-state index < -0.39 is 10.5 Å². The van der Waals surface area contributed by atoms with Gasteiger partial charge in [0.15, 0.2) is 0 Å². The van der Waals surface area contributed by atoms with Crippen molar-refractivity contribution in [3.8, 4) is 6.07 Å². The summed E-state index contributed by atoms with van der Waals surface area (Å²) in [4.78, 5) is 24.2. The molecule has 1 aromatic heterocycles. The molecular formula is C14H11N5O3. The molecule has 8 heteroatoms. The van der Waals surface area contributed by atoms with E-state index in [9.17, 15) is 14.9 Å². The van der Waals surface area contributed by atoms with Gasteiger partial charge in [-0.3, -0.25) is 14.9 Å². The minimum absolute atomic E-state index is 0.0109. The molecule has 0 aliphatic rings. The van der Waals surface area contributed by atoms with Crippen molar-refractivity contribution in [2.75, 3.05) is 0 Å². The Bertz CT molecular complexity index is 860. The Morgan fingerprint density at radius 2 is 1.86 bits per heavy atom. The van der Waals surface area contributed by atoms with Gasteiger partial charge in [0.1, 0.15) is 17.3 Å². The Morgan fingerprint density at radius 1 is 1.23 bits per heavy atom. The zero-order chi connectivity index (χ0) is 16.3. The number of benzene rings is 1. The number of non-ortho nitro benzene ring substituents is 1. The van der Waals surface area contributed by atoms with Crippen LogP contribution in [0.2, 0.25) is 0 Å². The van der Waals surface area contributed by atoms with Crippen LogP contribution in [-0.2, 0) is 0 Å². The molecule has 8 nitrogen and oxygen atoms in total. The number of aryl methyl sites for hydroxylation is 1. The smallest absolute Gasteiger partial charge is 0.269 e. The van der Waals surface area contributed by atoms with Gasteiger partial charge >= 0.3 is 0 Å². The average Bonchev–Trinajstić information content (AvgIpc) is 2.47. The predicted molar refractivity (Wildman–Crippen MR) is 78.5 cm³/mol. The lowest BCUT2D eigenvalue weighted by Crippen LogP contribution is -2.13. The maximum absolute atomic E-state index is 11.6. The number of rotatable bonds is 3. The van der Waals surface area contributed by atoms with Crippen LogP contribution in [0.1, 0.15) is 16.8 Å². The highest BCUT2D eigenvalue weighted by molar-refractivity contribution is 5.55. The van der Waals surface area contributed by atoms with Gasteiger partial charge in [-0.25, -0.2) is 0 Å². The molecular weight excluding hydrogens is 286 g/mol. The zero-order valence-electron chi connectivity index (χ0n) is 11.8. The minimum atomic E-state index is -0.504. The van der Waals surface area contributed by atoms with Crippen molar-refractivity contribution in [3.05, 3.63) is 61.6 Å². The SMILES string of the molecule is Cc1[nH]c(=O)c(C#N)c(C)c1N=Nc1ccc([N+](=O)[O-])cc1. The summed E-state index contributed by atoms with van der Waals surface area (Å²) in [6.45, 7) is 3.27. The first-order valence-electron chi connectivity index (χ1n) is 6.24. The largest absolute Gasteiger partial charge is 0.323 e. The Balaban J connectivity index is 2.40. The van der Waals surface area contributed by atoms with Crippen molar-refractivity contribution in [1.29, 1.82) is 5.26 Å². The molecule has 1 N–H and O–H groups in total. The quantitative estimate of drug-likeness (QED) is 0.530. The standard InChI is InChI=1S/C14H11N5O3/c1-8-12(7-15)14(20)16-9(2)13(8)18-17-10-3-5-11(6-4-10)19(21)22/h3-6H,1-2H3,(H,16,20). The van der Waals surface area contributed by atoms with Crippen LogP contribution >= 0.6 is 0 Å². The fourth-order valence-corrected chi connectivity index (χ4v) is 1.90. The molecule has 0 amide bonds. The van der Waals surface area contributed by atoms with Crippen LogP contribution in [0.25, 0.3) is 0 Å². The third kappa shape index (κ3) is 2.88. The molecule has 0 saturated heterocycles. The summed E-state index contributed by atoms with van der Waals surface area (Å²) in [6.07, 6.45) is 0. The molecule has 0 bridgehead atoms. The van der Waals surface area contributed by atoms with Crippen molar-refractivity contribution in [2.24, 2.45) is 10.2 Å². The summed E-state index contributed by atoms with van der Waals surface area (Å²) in [5.41, 5.74) is 1.24. The van der Waals surface area contributed by atoms with Crippen LogP contribution in [0.15, 0.2) is 39.3 Å². The average molecular weight is 297 g/mol. The molecule has 0 spiro atoms. The van der Waals surface area contributed by atoms with Gasteiger partial charge in [0.05, 0.1) is 10.6 Å². The Kier molecular flexibility index (Phi) is 4.08. The molecule has 0 unspecified atom stereocenters. The number of nitrogens with zero attached hydrogens (tertiary/aromatic N) is 4. The minimum Gasteiger partial charge on any atom is -0.323 e. The van der Waals surface area contributed by atoms with Gasteiger partial charge in [-0.1, -0.05) is 0 Å². The van der Waals surface area contributed by atoms with E-state index >= 15 is 0 Å². The fraction of sp³-hybridized carbons (Fsp3) is 0.143. The Hall–Kier alpha value is -3.34. The second-order valence-corrected chi connectivity index (χ2v) is 4.51. The number of hydrogen-bond acceptors (Lipinski definition) is 6. The van der Waals surface area contributed by atoms with Crippen molar-refractivity contribution in [2.45, 2.75) is 13.8 Å². The molecule has 0 radical (unpaired) electrons. The van der Waals surface area contributed by atoms with Crippen molar-refractivity contribution in [3.63, 3.8) is 0 Å². The van der Waals surface area contributed by atoms with Gasteiger partial charge in [-0.2, -0.15) is 10.4 Å². The van der Waals surface area contributed by atoms with Gasteiger partial charge in [0.2, 0.25) is 0 Å². The van der Waals surface area contributed by atoms with E-state index in [-0.39, 0.29) is 11.3 Å². The van der Waals surface area contributed by atoms with E-state index in [0.29, 0.717) is 22.6 Å². The number of nitro groups is 1. The van der Waals surface area contributed by atoms with Crippen LogP contribution in [-0.4, -0.2) is 9.91 Å². The third-order valence-corrected chi connectivity index (χ3v) is 3.05. The number of H-pyrrole nitrogens is 1. The summed E-state index contributed by atoms with van der Waals surface area (Å²) in [7, 11) is 0. The van der Waals surface area contributed by atoms with E-state index in [2.05, 4.69) is 15.2 Å². The topological polar surface area (TPSA) is 125 Å². The zero-order valence-corrected chi connectivity index (χ0v) is 11.8. The van der Waals surface area contributed by atoms with Crippen LogP contribution in [0.4, 0.5) is 17.1 Å². The number of nitro benzene ring substituents is 1. The van der Waals surface area contributed by atoms with Crippen LogP contribution in [0.3, 0.4) is 0 Å². The van der Waals surface area contributed by atoms with Crippen LogP contribution < -0.4 is 5.56 Å². The van der Waals surface area contributed by atoms with Crippen molar-refractivity contribution in [1.82, 2.24) is 4.98 Å². The lowest BCUT2D eigenvalue weighted by Gasteiger charge is -2.04.